The number of anilines is 2. The lowest BCUT2D eigenvalue weighted by Gasteiger charge is -2.29. The minimum absolute atomic E-state index is 0.153. The summed E-state index contributed by atoms with van der Waals surface area (Å²) in [5.74, 6) is -2.62. The number of thiazole rings is 1. The first-order chi connectivity index (χ1) is 20.8. The third-order valence-corrected chi connectivity index (χ3v) is 11.1. The Morgan fingerprint density at radius 2 is 1.70 bits per heavy atom. The monoisotopic (exact) mass is 628 g/mol. The fraction of sp³-hybridized carbons (Fsp3) is 0.133. The van der Waals surface area contributed by atoms with E-state index >= 15 is 0 Å². The second kappa shape index (κ2) is 10.6. The zero-order valence-corrected chi connectivity index (χ0v) is 24.5. The number of non-ortho nitro benzene ring substituents is 1. The zero-order chi connectivity index (χ0) is 29.8. The second-order valence-corrected chi connectivity index (χ2v) is 13.2. The molecule has 2 aliphatic rings. The minimum Gasteiger partial charge on any atom is -0.325 e. The highest BCUT2D eigenvalue weighted by atomic mass is 32.2. The maximum atomic E-state index is 13.9. The van der Waals surface area contributed by atoms with Gasteiger partial charge in [0.1, 0.15) is 11.8 Å². The normalized spacial score (nSPS) is 19.3. The molecular formula is C30H20N4O6S3. The molecule has 1 fully saturated rings. The summed E-state index contributed by atoms with van der Waals surface area (Å²) in [6, 6.07) is 22.4. The number of fused-ring (bicyclic) bond motifs is 3. The highest BCUT2D eigenvalue weighted by Gasteiger charge is 2.57. The Hall–Kier alpha value is -4.59. The van der Waals surface area contributed by atoms with Crippen LogP contribution in [0.4, 0.5) is 17.1 Å². The highest BCUT2D eigenvalue weighted by molar-refractivity contribution is 8.00. The van der Waals surface area contributed by atoms with Crippen LogP contribution in [-0.2, 0) is 20.9 Å². The molecule has 0 bridgehead atoms. The number of hydrogen-bond donors (Lipinski definition) is 1. The Balaban J connectivity index is 1.22. The van der Waals surface area contributed by atoms with Crippen molar-refractivity contribution in [1.82, 2.24) is 4.57 Å². The molecule has 3 atom stereocenters. The lowest BCUT2D eigenvalue weighted by Crippen LogP contribution is -2.32. The predicted molar refractivity (Wildman–Crippen MR) is 166 cm³/mol. The van der Waals surface area contributed by atoms with E-state index in [1.807, 2.05) is 53.9 Å². The summed E-state index contributed by atoms with van der Waals surface area (Å²) in [5, 5.41) is 17.5. The summed E-state index contributed by atoms with van der Waals surface area (Å²) in [5.41, 5.74) is 0.690. The van der Waals surface area contributed by atoms with E-state index in [0.717, 1.165) is 43.6 Å². The summed E-state index contributed by atoms with van der Waals surface area (Å²) in [6.07, 6.45) is 0. The van der Waals surface area contributed by atoms with E-state index in [0.29, 0.717) is 15.6 Å². The van der Waals surface area contributed by atoms with E-state index in [1.165, 1.54) is 40.2 Å². The summed E-state index contributed by atoms with van der Waals surface area (Å²) in [7, 11) is 0. The van der Waals surface area contributed by atoms with Gasteiger partial charge in [-0.05, 0) is 46.5 Å². The molecule has 0 aliphatic carbocycles. The lowest BCUT2D eigenvalue weighted by atomic mass is 9.87. The number of thiophene rings is 1. The Kier molecular flexibility index (Phi) is 6.72. The Bertz CT molecular complexity index is 2000. The average Bonchev–Trinajstić information content (AvgIpc) is 3.70. The number of rotatable bonds is 6. The fourth-order valence-electron chi connectivity index (χ4n) is 5.62. The first-order valence-electron chi connectivity index (χ1n) is 13.1. The number of thioether (sulfide) groups is 1. The molecule has 2 aliphatic heterocycles. The molecule has 13 heteroatoms. The molecule has 2 aromatic heterocycles. The molecule has 43 heavy (non-hydrogen) atoms. The van der Waals surface area contributed by atoms with Crippen LogP contribution in [0, 0.1) is 16.0 Å². The third-order valence-electron chi connectivity index (χ3n) is 7.55. The van der Waals surface area contributed by atoms with Crippen molar-refractivity contribution in [1.29, 1.82) is 0 Å². The van der Waals surface area contributed by atoms with E-state index in [4.69, 9.17) is 0 Å². The van der Waals surface area contributed by atoms with Gasteiger partial charge in [-0.25, -0.2) is 4.90 Å². The number of amides is 3. The molecule has 3 aromatic carbocycles. The second-order valence-electron chi connectivity index (χ2n) is 10.1. The van der Waals surface area contributed by atoms with Crippen molar-refractivity contribution in [3.05, 3.63) is 114 Å². The summed E-state index contributed by atoms with van der Waals surface area (Å²) < 4.78 is 1.38. The van der Waals surface area contributed by atoms with Crippen molar-refractivity contribution in [3.8, 4) is 0 Å². The molecule has 0 saturated carbocycles. The van der Waals surface area contributed by atoms with Gasteiger partial charge in [0.15, 0.2) is 0 Å². The van der Waals surface area contributed by atoms with Gasteiger partial charge in [0.05, 0.1) is 21.6 Å². The van der Waals surface area contributed by atoms with Crippen molar-refractivity contribution in [2.24, 2.45) is 5.92 Å². The molecule has 10 nitrogen and oxygen atoms in total. The van der Waals surface area contributed by atoms with Crippen molar-refractivity contribution in [2.75, 3.05) is 10.2 Å². The number of benzene rings is 3. The standard InChI is InChI=1S/C30H20N4O6S3/c35-22(31-18-8-7-16-4-1-2-5-17(16)14-18)15-32-29-26(43-30(32)38)23(21-6-3-13-41-21)24-25(42-29)28(37)33(27(24)36)19-9-11-20(12-10-19)34(39)40/h1-14,23-25H,15H2,(H,31,35). The van der Waals surface area contributed by atoms with Gasteiger partial charge >= 0.3 is 4.87 Å². The Labute approximate surface area is 255 Å². The summed E-state index contributed by atoms with van der Waals surface area (Å²) >= 11 is 3.54. The van der Waals surface area contributed by atoms with Gasteiger partial charge in [-0.3, -0.25) is 33.9 Å². The number of aromatic nitrogens is 1. The number of nitro benzene ring substituents is 1. The number of nitrogens with one attached hydrogen (secondary N) is 1. The summed E-state index contributed by atoms with van der Waals surface area (Å²) in [6.45, 7) is -0.257. The molecule has 0 spiro atoms. The molecule has 214 valence electrons. The van der Waals surface area contributed by atoms with Crippen LogP contribution in [0.15, 0.2) is 94.1 Å². The minimum atomic E-state index is -0.842. The SMILES string of the molecule is O=C(Cn1c2c(sc1=O)C(c1cccs1)C1C(=O)N(c3ccc([N+](=O)[O-])cc3)C(=O)C1S2)Nc1ccc2ccccc2c1. The van der Waals surface area contributed by atoms with Crippen LogP contribution in [0.1, 0.15) is 15.7 Å². The maximum absolute atomic E-state index is 13.9. The third kappa shape index (κ3) is 4.65. The van der Waals surface area contributed by atoms with E-state index in [1.54, 1.807) is 6.07 Å². The van der Waals surface area contributed by atoms with Crippen molar-refractivity contribution in [3.63, 3.8) is 0 Å². The van der Waals surface area contributed by atoms with E-state index < -0.39 is 39.7 Å². The van der Waals surface area contributed by atoms with E-state index in [2.05, 4.69) is 5.32 Å². The largest absolute Gasteiger partial charge is 0.325 e. The van der Waals surface area contributed by atoms with Crippen LogP contribution >= 0.6 is 34.4 Å². The lowest BCUT2D eigenvalue weighted by molar-refractivity contribution is -0.384. The topological polar surface area (TPSA) is 132 Å². The molecule has 5 aromatic rings. The molecule has 1 saturated heterocycles. The van der Waals surface area contributed by atoms with Crippen molar-refractivity contribution >= 4 is 80.0 Å². The molecule has 3 unspecified atom stereocenters. The van der Waals surface area contributed by atoms with Gasteiger partial charge in [0, 0.05) is 33.5 Å². The van der Waals surface area contributed by atoms with Crippen LogP contribution in [0.5, 0.6) is 0 Å². The summed E-state index contributed by atoms with van der Waals surface area (Å²) in [4.78, 5) is 66.9. The van der Waals surface area contributed by atoms with Crippen LogP contribution in [0.25, 0.3) is 10.8 Å². The van der Waals surface area contributed by atoms with Crippen LogP contribution in [-0.4, -0.2) is 32.5 Å². The molecule has 3 amide bonds. The number of hydrogen-bond acceptors (Lipinski definition) is 9. The van der Waals surface area contributed by atoms with Gasteiger partial charge in [0.25, 0.3) is 5.69 Å². The average molecular weight is 629 g/mol. The fourth-order valence-corrected chi connectivity index (χ4v) is 9.34. The smallest absolute Gasteiger partial charge is 0.308 e. The zero-order valence-electron chi connectivity index (χ0n) is 22.0. The number of nitrogens with zero attached hydrogens (tertiary/aromatic N) is 3. The Morgan fingerprint density at radius 3 is 2.42 bits per heavy atom. The number of imide groups is 1. The van der Waals surface area contributed by atoms with Crippen LogP contribution in [0.2, 0.25) is 0 Å². The number of carbonyl (C=O) groups excluding carboxylic acids is 3. The molecule has 7 rings (SSSR count). The molecule has 0 radical (unpaired) electrons. The van der Waals surface area contributed by atoms with Gasteiger partial charge in [-0.15, -0.1) is 11.3 Å². The van der Waals surface area contributed by atoms with Crippen LogP contribution in [0.3, 0.4) is 0 Å². The van der Waals surface area contributed by atoms with E-state index in [-0.39, 0.29) is 22.8 Å². The van der Waals surface area contributed by atoms with Gasteiger partial charge in [0.2, 0.25) is 17.7 Å². The van der Waals surface area contributed by atoms with Gasteiger partial charge in [-0.2, -0.15) is 0 Å². The molecule has 1 N–H and O–H groups in total. The van der Waals surface area contributed by atoms with Crippen molar-refractivity contribution in [2.45, 2.75) is 22.7 Å². The van der Waals surface area contributed by atoms with Gasteiger partial charge < -0.3 is 5.32 Å². The molecule has 4 heterocycles. The number of carbonyl (C=O) groups is 3. The maximum Gasteiger partial charge on any atom is 0.308 e. The van der Waals surface area contributed by atoms with E-state index in [9.17, 15) is 29.3 Å². The first-order valence-corrected chi connectivity index (χ1v) is 15.7. The highest BCUT2D eigenvalue weighted by Crippen LogP contribution is 2.54. The Morgan fingerprint density at radius 1 is 0.930 bits per heavy atom. The quantitative estimate of drug-likeness (QED) is 0.150. The predicted octanol–water partition coefficient (Wildman–Crippen LogP) is 5.47. The first kappa shape index (κ1) is 27.3. The van der Waals surface area contributed by atoms with Crippen molar-refractivity contribution < 1.29 is 19.3 Å². The molecular weight excluding hydrogens is 609 g/mol. The van der Waals surface area contributed by atoms with Gasteiger partial charge in [-0.1, -0.05) is 59.5 Å². The van der Waals surface area contributed by atoms with Crippen LogP contribution < -0.4 is 15.1 Å². The number of nitro groups is 1.